The molecule has 0 radical (unpaired) electrons. The molecule has 0 unspecified atom stereocenters. The first-order chi connectivity index (χ1) is 13.4. The van der Waals surface area contributed by atoms with Crippen LogP contribution in [0.15, 0.2) is 23.0 Å². The van der Waals surface area contributed by atoms with Crippen LogP contribution in [-0.4, -0.2) is 48.5 Å². The molecule has 3 aromatic rings. The van der Waals surface area contributed by atoms with Crippen LogP contribution in [0.4, 0.5) is 17.6 Å². The Morgan fingerprint density at radius 2 is 2.14 bits per heavy atom. The summed E-state index contributed by atoms with van der Waals surface area (Å²) >= 11 is 0. The van der Waals surface area contributed by atoms with Gasteiger partial charge < -0.3 is 26.0 Å². The van der Waals surface area contributed by atoms with E-state index in [1.807, 2.05) is 32.0 Å². The molecule has 10 heteroatoms. The maximum Gasteiger partial charge on any atom is 0.280 e. The Bertz CT molecular complexity index is 1090. The van der Waals surface area contributed by atoms with E-state index in [0.717, 1.165) is 16.8 Å². The molecule has 1 fully saturated rings. The normalized spacial score (nSPS) is 22.1. The van der Waals surface area contributed by atoms with Crippen molar-refractivity contribution < 1.29 is 14.9 Å². The number of aromatic nitrogens is 4. The molecule has 4 rings (SSSR count). The molecular formula is C18H22N6O4. The van der Waals surface area contributed by atoms with Crippen LogP contribution in [0.25, 0.3) is 11.2 Å². The Morgan fingerprint density at radius 1 is 1.36 bits per heavy atom. The van der Waals surface area contributed by atoms with Gasteiger partial charge in [0.1, 0.15) is 12.3 Å². The molecule has 28 heavy (non-hydrogen) atoms. The third-order valence-electron chi connectivity index (χ3n) is 5.00. The van der Waals surface area contributed by atoms with Crippen LogP contribution in [-0.2, 0) is 4.74 Å². The SMILES string of the molecule is Cc1ccc(Nc2nc3c(=O)[nH]c(N)nc3n2[C@H]2C[C@H](O)[C@@H](CO)O2)cc1C. The van der Waals surface area contributed by atoms with E-state index in [4.69, 9.17) is 10.5 Å². The molecule has 3 heterocycles. The number of aryl methyl sites for hydroxylation is 2. The molecule has 6 N–H and O–H groups in total. The predicted molar refractivity (Wildman–Crippen MR) is 103 cm³/mol. The monoisotopic (exact) mass is 386 g/mol. The summed E-state index contributed by atoms with van der Waals surface area (Å²) in [6.45, 7) is 3.70. The lowest BCUT2D eigenvalue weighted by Crippen LogP contribution is -2.24. The topological polar surface area (TPSA) is 151 Å². The number of rotatable bonds is 4. The summed E-state index contributed by atoms with van der Waals surface area (Å²) < 4.78 is 7.36. The number of fused-ring (bicyclic) bond motifs is 1. The molecule has 10 nitrogen and oxygen atoms in total. The number of nitrogen functional groups attached to an aromatic ring is 1. The van der Waals surface area contributed by atoms with Crippen LogP contribution in [0.1, 0.15) is 23.8 Å². The van der Waals surface area contributed by atoms with E-state index in [1.165, 1.54) is 0 Å². The van der Waals surface area contributed by atoms with E-state index in [0.29, 0.717) is 5.95 Å². The standard InChI is InChI=1S/C18H22N6O4/c1-8-3-4-10(5-9(8)2)20-18-21-14-15(22-17(19)23-16(14)27)24(18)13-6-11(26)12(7-25)28-13/h3-5,11-13,25-26H,6-7H2,1-2H3,(H,20,21)(H3,19,22,23,27)/t11-,12+,13+/m0/s1. The fourth-order valence-electron chi connectivity index (χ4n) is 3.35. The van der Waals surface area contributed by atoms with Crippen LogP contribution < -0.4 is 16.6 Å². The Morgan fingerprint density at radius 3 is 2.82 bits per heavy atom. The van der Waals surface area contributed by atoms with Gasteiger partial charge in [0.2, 0.25) is 11.9 Å². The largest absolute Gasteiger partial charge is 0.394 e. The summed E-state index contributed by atoms with van der Waals surface area (Å²) in [5.74, 6) is 0.284. The van der Waals surface area contributed by atoms with E-state index in [1.54, 1.807) is 4.57 Å². The van der Waals surface area contributed by atoms with Crippen molar-refractivity contribution in [3.05, 3.63) is 39.7 Å². The van der Waals surface area contributed by atoms with Crippen LogP contribution >= 0.6 is 0 Å². The molecule has 148 valence electrons. The second-order valence-corrected chi connectivity index (χ2v) is 6.97. The Labute approximate surface area is 160 Å². The number of nitrogens with zero attached hydrogens (tertiary/aromatic N) is 3. The van der Waals surface area contributed by atoms with Gasteiger partial charge >= 0.3 is 0 Å². The van der Waals surface area contributed by atoms with Gasteiger partial charge in [0.05, 0.1) is 12.7 Å². The molecule has 2 aromatic heterocycles. The highest BCUT2D eigenvalue weighted by Crippen LogP contribution is 2.34. The van der Waals surface area contributed by atoms with Gasteiger partial charge in [-0.2, -0.15) is 4.98 Å². The van der Waals surface area contributed by atoms with Crippen molar-refractivity contribution in [3.8, 4) is 0 Å². The van der Waals surface area contributed by atoms with Gasteiger partial charge in [0, 0.05) is 12.1 Å². The van der Waals surface area contributed by atoms with E-state index in [2.05, 4.69) is 20.3 Å². The Balaban J connectivity index is 1.84. The molecule has 0 aliphatic carbocycles. The summed E-state index contributed by atoms with van der Waals surface area (Å²) in [5, 5.41) is 22.7. The number of ether oxygens (including phenoxy) is 1. The third-order valence-corrected chi connectivity index (χ3v) is 5.00. The number of benzene rings is 1. The Hall–Kier alpha value is -2.95. The molecule has 1 aliphatic heterocycles. The van der Waals surface area contributed by atoms with Crippen molar-refractivity contribution in [1.82, 2.24) is 19.5 Å². The van der Waals surface area contributed by atoms with Crippen molar-refractivity contribution in [2.24, 2.45) is 0 Å². The number of hydrogen-bond donors (Lipinski definition) is 5. The minimum Gasteiger partial charge on any atom is -0.394 e. The molecule has 3 atom stereocenters. The fourth-order valence-corrected chi connectivity index (χ4v) is 3.35. The minimum atomic E-state index is -0.846. The number of hydrogen-bond acceptors (Lipinski definition) is 8. The molecule has 0 bridgehead atoms. The first-order valence-corrected chi connectivity index (χ1v) is 8.93. The van der Waals surface area contributed by atoms with Crippen LogP contribution in [0.2, 0.25) is 0 Å². The first kappa shape index (κ1) is 18.4. The van der Waals surface area contributed by atoms with Crippen molar-refractivity contribution in [3.63, 3.8) is 0 Å². The van der Waals surface area contributed by atoms with Gasteiger partial charge in [-0.1, -0.05) is 6.07 Å². The zero-order valence-electron chi connectivity index (χ0n) is 15.5. The lowest BCUT2D eigenvalue weighted by Gasteiger charge is -2.17. The van der Waals surface area contributed by atoms with Gasteiger partial charge in [-0.05, 0) is 37.1 Å². The number of aliphatic hydroxyl groups excluding tert-OH is 2. The summed E-state index contributed by atoms with van der Waals surface area (Å²) in [6, 6.07) is 5.84. The Kier molecular flexibility index (Phi) is 4.53. The molecule has 1 aromatic carbocycles. The molecule has 0 amide bonds. The number of nitrogens with two attached hydrogens (primary N) is 1. The first-order valence-electron chi connectivity index (χ1n) is 8.93. The summed E-state index contributed by atoms with van der Waals surface area (Å²) in [4.78, 5) is 23.3. The van der Waals surface area contributed by atoms with Gasteiger partial charge in [0.15, 0.2) is 11.2 Å². The second kappa shape index (κ2) is 6.89. The lowest BCUT2D eigenvalue weighted by atomic mass is 10.1. The van der Waals surface area contributed by atoms with E-state index in [9.17, 15) is 15.0 Å². The van der Waals surface area contributed by atoms with E-state index in [-0.39, 0.29) is 30.1 Å². The van der Waals surface area contributed by atoms with Crippen LogP contribution in [0, 0.1) is 13.8 Å². The summed E-state index contributed by atoms with van der Waals surface area (Å²) in [6.07, 6.45) is -2.02. The molecule has 0 saturated carbocycles. The van der Waals surface area contributed by atoms with Crippen molar-refractivity contribution >= 4 is 28.7 Å². The van der Waals surface area contributed by atoms with Crippen LogP contribution in [0.3, 0.4) is 0 Å². The van der Waals surface area contributed by atoms with Gasteiger partial charge in [-0.15, -0.1) is 0 Å². The van der Waals surface area contributed by atoms with E-state index < -0.39 is 24.0 Å². The number of aromatic amines is 1. The average molecular weight is 386 g/mol. The summed E-state index contributed by atoms with van der Waals surface area (Å²) in [7, 11) is 0. The molecular weight excluding hydrogens is 364 g/mol. The predicted octanol–water partition coefficient (Wildman–Crippen LogP) is 0.703. The average Bonchev–Trinajstić information content (AvgIpc) is 3.18. The van der Waals surface area contributed by atoms with Crippen molar-refractivity contribution in [2.75, 3.05) is 17.7 Å². The molecule has 1 aliphatic rings. The zero-order chi connectivity index (χ0) is 20.0. The van der Waals surface area contributed by atoms with E-state index >= 15 is 0 Å². The van der Waals surface area contributed by atoms with Crippen molar-refractivity contribution in [2.45, 2.75) is 38.7 Å². The summed E-state index contributed by atoms with van der Waals surface area (Å²) in [5.41, 5.74) is 8.61. The highest BCUT2D eigenvalue weighted by Gasteiger charge is 2.37. The quantitative estimate of drug-likeness (QED) is 0.439. The fraction of sp³-hybridized carbons (Fsp3) is 0.389. The number of aliphatic hydroxyl groups is 2. The maximum absolute atomic E-state index is 12.3. The molecule has 1 saturated heterocycles. The third kappa shape index (κ3) is 3.11. The number of imidazole rings is 1. The van der Waals surface area contributed by atoms with Gasteiger partial charge in [0.25, 0.3) is 5.56 Å². The second-order valence-electron chi connectivity index (χ2n) is 6.97. The zero-order valence-corrected chi connectivity index (χ0v) is 15.5. The maximum atomic E-state index is 12.3. The number of anilines is 3. The minimum absolute atomic E-state index is 0.0476. The molecule has 0 spiro atoms. The lowest BCUT2D eigenvalue weighted by molar-refractivity contribution is -0.0425. The van der Waals surface area contributed by atoms with Gasteiger partial charge in [-0.25, -0.2) is 4.98 Å². The van der Waals surface area contributed by atoms with Crippen LogP contribution in [0.5, 0.6) is 0 Å². The highest BCUT2D eigenvalue weighted by molar-refractivity contribution is 5.76. The van der Waals surface area contributed by atoms with Crippen molar-refractivity contribution in [1.29, 1.82) is 0 Å². The van der Waals surface area contributed by atoms with Gasteiger partial charge in [-0.3, -0.25) is 14.3 Å². The smallest absolute Gasteiger partial charge is 0.280 e. The number of H-pyrrole nitrogens is 1. The number of nitrogens with one attached hydrogen (secondary N) is 2. The highest BCUT2D eigenvalue weighted by atomic mass is 16.5.